The van der Waals surface area contributed by atoms with Crippen LogP contribution in [0, 0.1) is 0 Å². The molecule has 0 saturated carbocycles. The van der Waals surface area contributed by atoms with E-state index in [1.54, 1.807) is 6.20 Å². The van der Waals surface area contributed by atoms with Crippen molar-refractivity contribution in [2.45, 2.75) is 19.4 Å². The van der Waals surface area contributed by atoms with E-state index in [0.717, 1.165) is 31.7 Å². The zero-order valence-electron chi connectivity index (χ0n) is 9.23. The van der Waals surface area contributed by atoms with E-state index in [-0.39, 0.29) is 0 Å². The van der Waals surface area contributed by atoms with Crippen molar-refractivity contribution in [1.29, 1.82) is 0 Å². The maximum Gasteiger partial charge on any atom is 0.150 e. The molecule has 1 N–H and O–H groups in total. The Morgan fingerprint density at radius 2 is 2.00 bits per heavy atom. The molecule has 0 unspecified atom stereocenters. The van der Waals surface area contributed by atoms with Crippen molar-refractivity contribution in [3.63, 3.8) is 0 Å². The fourth-order valence-electron chi connectivity index (χ4n) is 1.61. The van der Waals surface area contributed by atoms with E-state index in [2.05, 4.69) is 34.7 Å². The molecule has 1 heterocycles. The molecule has 0 spiro atoms. The van der Waals surface area contributed by atoms with Crippen LogP contribution in [-0.2, 0) is 13.0 Å². The monoisotopic (exact) mass is 216 g/mol. The molecule has 3 nitrogen and oxygen atoms in total. The molecule has 0 atom stereocenters. The minimum absolute atomic E-state index is 0.759. The second kappa shape index (κ2) is 6.08. The molecule has 0 saturated heterocycles. The maximum atomic E-state index is 4.99. The molecule has 0 bridgehead atoms. The first kappa shape index (κ1) is 10.9. The average molecular weight is 216 g/mol. The minimum Gasteiger partial charge on any atom is -0.360 e. The van der Waals surface area contributed by atoms with Crippen molar-refractivity contribution in [1.82, 2.24) is 10.5 Å². The molecule has 0 aliphatic rings. The van der Waals surface area contributed by atoms with Crippen LogP contribution in [0.25, 0.3) is 0 Å². The number of aromatic nitrogens is 1. The van der Waals surface area contributed by atoms with E-state index >= 15 is 0 Å². The van der Waals surface area contributed by atoms with Crippen molar-refractivity contribution in [2.24, 2.45) is 0 Å². The summed E-state index contributed by atoms with van der Waals surface area (Å²) in [5.74, 6) is 0.889. The molecular weight excluding hydrogens is 200 g/mol. The van der Waals surface area contributed by atoms with Gasteiger partial charge in [-0.2, -0.15) is 0 Å². The highest BCUT2D eigenvalue weighted by Gasteiger charge is 1.96. The third-order valence-electron chi connectivity index (χ3n) is 2.45. The van der Waals surface area contributed by atoms with E-state index in [9.17, 15) is 0 Å². The van der Waals surface area contributed by atoms with Gasteiger partial charge in [-0.3, -0.25) is 0 Å². The number of rotatable bonds is 6. The molecule has 84 valence electrons. The predicted molar refractivity (Wildman–Crippen MR) is 63.0 cm³/mol. The molecule has 3 heteroatoms. The second-order valence-corrected chi connectivity index (χ2v) is 3.74. The van der Waals surface area contributed by atoms with Crippen molar-refractivity contribution >= 4 is 0 Å². The summed E-state index contributed by atoms with van der Waals surface area (Å²) in [4.78, 5) is 0. The first-order chi connectivity index (χ1) is 7.95. The van der Waals surface area contributed by atoms with Gasteiger partial charge in [0, 0.05) is 6.07 Å². The van der Waals surface area contributed by atoms with Crippen LogP contribution in [0.1, 0.15) is 17.7 Å². The number of aryl methyl sites for hydroxylation is 1. The topological polar surface area (TPSA) is 38.1 Å². The van der Waals surface area contributed by atoms with E-state index in [1.807, 2.05) is 12.1 Å². The molecule has 1 aromatic carbocycles. The Kier molecular flexibility index (Phi) is 4.14. The molecule has 16 heavy (non-hydrogen) atoms. The fraction of sp³-hybridized carbons (Fsp3) is 0.308. The number of hydrogen-bond acceptors (Lipinski definition) is 3. The SMILES string of the molecule is c1ccc(CCCNCc2ccno2)cc1. The lowest BCUT2D eigenvalue weighted by Crippen LogP contribution is -2.14. The van der Waals surface area contributed by atoms with Crippen LogP contribution >= 0.6 is 0 Å². The lowest BCUT2D eigenvalue weighted by Gasteiger charge is -2.02. The molecule has 1 aromatic heterocycles. The Morgan fingerprint density at radius 1 is 1.12 bits per heavy atom. The Bertz CT molecular complexity index is 384. The minimum atomic E-state index is 0.759. The fourth-order valence-corrected chi connectivity index (χ4v) is 1.61. The lowest BCUT2D eigenvalue weighted by molar-refractivity contribution is 0.373. The number of nitrogens with one attached hydrogen (secondary N) is 1. The molecule has 0 aliphatic carbocycles. The van der Waals surface area contributed by atoms with Gasteiger partial charge in [-0.05, 0) is 24.9 Å². The van der Waals surface area contributed by atoms with Gasteiger partial charge in [0.25, 0.3) is 0 Å². The van der Waals surface area contributed by atoms with Crippen LogP contribution in [0.5, 0.6) is 0 Å². The van der Waals surface area contributed by atoms with Gasteiger partial charge >= 0.3 is 0 Å². The maximum absolute atomic E-state index is 4.99. The van der Waals surface area contributed by atoms with Crippen LogP contribution in [0.2, 0.25) is 0 Å². The van der Waals surface area contributed by atoms with Gasteiger partial charge in [-0.1, -0.05) is 35.5 Å². The van der Waals surface area contributed by atoms with Crippen molar-refractivity contribution < 1.29 is 4.52 Å². The Hall–Kier alpha value is -1.61. The Balaban J connectivity index is 1.59. The van der Waals surface area contributed by atoms with Crippen LogP contribution < -0.4 is 5.32 Å². The normalized spacial score (nSPS) is 10.5. The molecule has 0 radical (unpaired) electrons. The van der Waals surface area contributed by atoms with E-state index in [1.165, 1.54) is 5.56 Å². The van der Waals surface area contributed by atoms with Gasteiger partial charge in [0.15, 0.2) is 0 Å². The predicted octanol–water partition coefficient (Wildman–Crippen LogP) is 2.40. The second-order valence-electron chi connectivity index (χ2n) is 3.74. The van der Waals surface area contributed by atoms with E-state index in [0.29, 0.717) is 0 Å². The van der Waals surface area contributed by atoms with Crippen molar-refractivity contribution in [3.8, 4) is 0 Å². The standard InChI is InChI=1S/C13H16N2O/c1-2-5-12(6-3-1)7-4-9-14-11-13-8-10-15-16-13/h1-3,5-6,8,10,14H,4,7,9,11H2. The highest BCUT2D eigenvalue weighted by Crippen LogP contribution is 2.01. The van der Waals surface area contributed by atoms with Gasteiger partial charge in [-0.25, -0.2) is 0 Å². The van der Waals surface area contributed by atoms with Crippen LogP contribution in [0.15, 0.2) is 47.1 Å². The van der Waals surface area contributed by atoms with E-state index < -0.39 is 0 Å². The van der Waals surface area contributed by atoms with Crippen molar-refractivity contribution in [3.05, 3.63) is 53.9 Å². The van der Waals surface area contributed by atoms with Gasteiger partial charge < -0.3 is 9.84 Å². The zero-order valence-corrected chi connectivity index (χ0v) is 9.23. The zero-order chi connectivity index (χ0) is 11.1. The van der Waals surface area contributed by atoms with Gasteiger partial charge in [0.1, 0.15) is 5.76 Å². The first-order valence-electron chi connectivity index (χ1n) is 5.59. The first-order valence-corrected chi connectivity index (χ1v) is 5.59. The molecular formula is C13H16N2O. The third-order valence-corrected chi connectivity index (χ3v) is 2.45. The van der Waals surface area contributed by atoms with Gasteiger partial charge in [0.05, 0.1) is 12.7 Å². The molecule has 0 fully saturated rings. The summed E-state index contributed by atoms with van der Waals surface area (Å²) in [5.41, 5.74) is 1.39. The summed E-state index contributed by atoms with van der Waals surface area (Å²) >= 11 is 0. The number of hydrogen-bond donors (Lipinski definition) is 1. The molecule has 2 rings (SSSR count). The summed E-state index contributed by atoms with van der Waals surface area (Å²) in [5, 5.41) is 6.98. The van der Waals surface area contributed by atoms with Crippen LogP contribution in [0.4, 0.5) is 0 Å². The smallest absolute Gasteiger partial charge is 0.150 e. The Labute approximate surface area is 95.5 Å². The number of nitrogens with zero attached hydrogens (tertiary/aromatic N) is 1. The lowest BCUT2D eigenvalue weighted by atomic mass is 10.1. The molecule has 0 amide bonds. The third kappa shape index (κ3) is 3.51. The largest absolute Gasteiger partial charge is 0.360 e. The summed E-state index contributed by atoms with van der Waals surface area (Å²) in [7, 11) is 0. The highest BCUT2D eigenvalue weighted by molar-refractivity contribution is 5.14. The summed E-state index contributed by atoms with van der Waals surface area (Å²) in [6.45, 7) is 1.75. The van der Waals surface area contributed by atoms with Crippen molar-refractivity contribution in [2.75, 3.05) is 6.54 Å². The van der Waals surface area contributed by atoms with Crippen LogP contribution in [-0.4, -0.2) is 11.7 Å². The number of benzene rings is 1. The highest BCUT2D eigenvalue weighted by atomic mass is 16.5. The van der Waals surface area contributed by atoms with Gasteiger partial charge in [0.2, 0.25) is 0 Å². The quantitative estimate of drug-likeness (QED) is 0.753. The van der Waals surface area contributed by atoms with E-state index in [4.69, 9.17) is 4.52 Å². The average Bonchev–Trinajstić information content (AvgIpc) is 2.83. The van der Waals surface area contributed by atoms with Crippen LogP contribution in [0.3, 0.4) is 0 Å². The summed E-state index contributed by atoms with van der Waals surface area (Å²) in [6.07, 6.45) is 3.92. The molecule has 2 aromatic rings. The Morgan fingerprint density at radius 3 is 2.75 bits per heavy atom. The summed E-state index contributed by atoms with van der Waals surface area (Å²) in [6, 6.07) is 12.4. The molecule has 0 aliphatic heterocycles. The summed E-state index contributed by atoms with van der Waals surface area (Å²) < 4.78 is 4.99. The van der Waals surface area contributed by atoms with Gasteiger partial charge in [-0.15, -0.1) is 0 Å².